The molecule has 9 heteroatoms. The van der Waals surface area contributed by atoms with Crippen LogP contribution < -0.4 is 10.1 Å². The number of amides is 1. The molecule has 3 aromatic carbocycles. The van der Waals surface area contributed by atoms with Crippen molar-refractivity contribution in [3.8, 4) is 17.0 Å². The van der Waals surface area contributed by atoms with Gasteiger partial charge in [-0.1, -0.05) is 48.2 Å². The van der Waals surface area contributed by atoms with Gasteiger partial charge in [-0.25, -0.2) is 0 Å². The molecule has 0 fully saturated rings. The van der Waals surface area contributed by atoms with Gasteiger partial charge in [0.2, 0.25) is 5.91 Å². The molecule has 0 aliphatic heterocycles. The molecular formula is C23H16F3N3O2S. The summed E-state index contributed by atoms with van der Waals surface area (Å²) in [5.74, 6) is -0.600. The number of carbonyl (C=O) groups is 1. The molecule has 0 saturated heterocycles. The maximum absolute atomic E-state index is 12.2. The van der Waals surface area contributed by atoms with Gasteiger partial charge in [0.05, 0.1) is 11.4 Å². The predicted octanol–water partition coefficient (Wildman–Crippen LogP) is 5.93. The Labute approximate surface area is 185 Å². The first-order valence-electron chi connectivity index (χ1n) is 9.47. The Morgan fingerprint density at radius 2 is 1.66 bits per heavy atom. The van der Waals surface area contributed by atoms with Crippen LogP contribution in [-0.4, -0.2) is 28.2 Å². The van der Waals surface area contributed by atoms with E-state index in [1.54, 1.807) is 6.07 Å². The smallest absolute Gasteiger partial charge is 0.406 e. The standard InChI is InChI=1S/C23H16F3N3O2S/c24-23(25,26)31-19-9-7-18(8-10-19)27-21(30)14-32-22-12-11-20(28-29-22)17-6-5-15-3-1-2-4-16(15)13-17/h1-13H,14H2,(H,27,30). The second kappa shape index (κ2) is 9.27. The first-order valence-corrected chi connectivity index (χ1v) is 10.5. The van der Waals surface area contributed by atoms with Crippen LogP contribution in [0.1, 0.15) is 0 Å². The van der Waals surface area contributed by atoms with Gasteiger partial charge in [0.25, 0.3) is 0 Å². The molecule has 1 heterocycles. The van der Waals surface area contributed by atoms with Crippen LogP contribution in [0, 0.1) is 0 Å². The molecule has 5 nitrogen and oxygen atoms in total. The quantitative estimate of drug-likeness (QED) is 0.365. The van der Waals surface area contributed by atoms with Crippen molar-refractivity contribution >= 4 is 34.1 Å². The predicted molar refractivity (Wildman–Crippen MR) is 117 cm³/mol. The van der Waals surface area contributed by atoms with E-state index >= 15 is 0 Å². The number of alkyl halides is 3. The van der Waals surface area contributed by atoms with Crippen LogP contribution in [0.25, 0.3) is 22.0 Å². The number of hydrogen-bond acceptors (Lipinski definition) is 5. The number of benzene rings is 3. The first kappa shape index (κ1) is 21.6. The van der Waals surface area contributed by atoms with E-state index in [1.165, 1.54) is 23.9 Å². The van der Waals surface area contributed by atoms with Crippen LogP contribution >= 0.6 is 11.8 Å². The zero-order chi connectivity index (χ0) is 22.6. The average Bonchev–Trinajstić information content (AvgIpc) is 2.78. The van der Waals surface area contributed by atoms with Crippen molar-refractivity contribution in [3.05, 3.63) is 78.9 Å². The van der Waals surface area contributed by atoms with E-state index in [1.807, 2.05) is 48.5 Å². The number of halogens is 3. The topological polar surface area (TPSA) is 64.1 Å². The third-order valence-corrected chi connectivity index (χ3v) is 5.33. The summed E-state index contributed by atoms with van der Waals surface area (Å²) in [6, 6.07) is 22.7. The Morgan fingerprint density at radius 1 is 0.906 bits per heavy atom. The van der Waals surface area contributed by atoms with Crippen molar-refractivity contribution in [3.63, 3.8) is 0 Å². The van der Waals surface area contributed by atoms with Gasteiger partial charge < -0.3 is 10.1 Å². The lowest BCUT2D eigenvalue weighted by molar-refractivity contribution is -0.274. The summed E-state index contributed by atoms with van der Waals surface area (Å²) in [7, 11) is 0. The van der Waals surface area contributed by atoms with Crippen LogP contribution in [0.5, 0.6) is 5.75 Å². The summed E-state index contributed by atoms with van der Waals surface area (Å²) >= 11 is 1.21. The molecule has 4 rings (SSSR count). The van der Waals surface area contributed by atoms with Crippen LogP contribution in [0.2, 0.25) is 0 Å². The molecular weight excluding hydrogens is 439 g/mol. The van der Waals surface area contributed by atoms with Gasteiger partial charge >= 0.3 is 6.36 Å². The Balaban J connectivity index is 1.32. The maximum atomic E-state index is 12.2. The van der Waals surface area contributed by atoms with Crippen molar-refractivity contribution in [2.75, 3.05) is 11.1 Å². The van der Waals surface area contributed by atoms with Crippen LogP contribution in [0.15, 0.2) is 83.9 Å². The number of nitrogens with zero attached hydrogens (tertiary/aromatic N) is 2. The number of anilines is 1. The number of rotatable bonds is 6. The highest BCUT2D eigenvalue weighted by Crippen LogP contribution is 2.25. The SMILES string of the molecule is O=C(CSc1ccc(-c2ccc3ccccc3c2)nn1)Nc1ccc(OC(F)(F)F)cc1. The number of hydrogen-bond donors (Lipinski definition) is 1. The lowest BCUT2D eigenvalue weighted by Gasteiger charge is -2.10. The molecule has 0 atom stereocenters. The summed E-state index contributed by atoms with van der Waals surface area (Å²) in [6.45, 7) is 0. The molecule has 0 aliphatic rings. The second-order valence-corrected chi connectivity index (χ2v) is 7.72. The molecule has 0 radical (unpaired) electrons. The Kier molecular flexibility index (Phi) is 6.27. The van der Waals surface area contributed by atoms with E-state index in [9.17, 15) is 18.0 Å². The Morgan fingerprint density at radius 3 is 2.34 bits per heavy atom. The van der Waals surface area contributed by atoms with E-state index < -0.39 is 6.36 Å². The van der Waals surface area contributed by atoms with Crippen molar-refractivity contribution in [2.24, 2.45) is 0 Å². The van der Waals surface area contributed by atoms with Gasteiger partial charge in [0, 0.05) is 11.3 Å². The average molecular weight is 455 g/mol. The minimum atomic E-state index is -4.76. The lowest BCUT2D eigenvalue weighted by Crippen LogP contribution is -2.17. The molecule has 0 bridgehead atoms. The summed E-state index contributed by atoms with van der Waals surface area (Å²) in [4.78, 5) is 12.1. The number of thioether (sulfide) groups is 1. The van der Waals surface area contributed by atoms with Gasteiger partial charge in [0.1, 0.15) is 10.8 Å². The number of ether oxygens (including phenoxy) is 1. The van der Waals surface area contributed by atoms with Gasteiger partial charge in [0.15, 0.2) is 0 Å². The maximum Gasteiger partial charge on any atom is 0.573 e. The zero-order valence-electron chi connectivity index (χ0n) is 16.5. The molecule has 4 aromatic rings. The van der Waals surface area contributed by atoms with Crippen LogP contribution in [0.3, 0.4) is 0 Å². The highest BCUT2D eigenvalue weighted by Gasteiger charge is 2.30. The fraction of sp³-hybridized carbons (Fsp3) is 0.0870. The molecule has 1 N–H and O–H groups in total. The first-order chi connectivity index (χ1) is 15.4. The summed E-state index contributed by atoms with van der Waals surface area (Å²) in [6.07, 6.45) is -4.76. The normalized spacial score (nSPS) is 11.3. The molecule has 1 amide bonds. The molecule has 0 aliphatic carbocycles. The number of fused-ring (bicyclic) bond motifs is 1. The Bertz CT molecular complexity index is 1230. The highest BCUT2D eigenvalue weighted by atomic mass is 32.2. The summed E-state index contributed by atoms with van der Waals surface area (Å²) in [5.41, 5.74) is 2.04. The van der Waals surface area contributed by atoms with Crippen LogP contribution in [-0.2, 0) is 4.79 Å². The van der Waals surface area contributed by atoms with Gasteiger partial charge in [-0.15, -0.1) is 23.4 Å². The van der Waals surface area contributed by atoms with E-state index in [2.05, 4.69) is 20.3 Å². The van der Waals surface area contributed by atoms with Crippen molar-refractivity contribution < 1.29 is 22.7 Å². The van der Waals surface area contributed by atoms with E-state index in [0.717, 1.165) is 34.2 Å². The number of carbonyl (C=O) groups excluding carboxylic acids is 1. The number of nitrogens with one attached hydrogen (secondary N) is 1. The van der Waals surface area contributed by atoms with Crippen molar-refractivity contribution in [1.29, 1.82) is 0 Å². The third-order valence-electron chi connectivity index (χ3n) is 4.41. The molecule has 1 aromatic heterocycles. The highest BCUT2D eigenvalue weighted by molar-refractivity contribution is 7.99. The molecule has 0 spiro atoms. The van der Waals surface area contributed by atoms with Crippen LogP contribution in [0.4, 0.5) is 18.9 Å². The molecule has 162 valence electrons. The fourth-order valence-corrected chi connectivity index (χ4v) is 3.59. The van der Waals surface area contributed by atoms with Gasteiger partial charge in [-0.2, -0.15) is 0 Å². The minimum absolute atomic E-state index is 0.0742. The zero-order valence-corrected chi connectivity index (χ0v) is 17.3. The van der Waals surface area contributed by atoms with E-state index in [0.29, 0.717) is 10.7 Å². The van der Waals surface area contributed by atoms with Crippen molar-refractivity contribution in [1.82, 2.24) is 10.2 Å². The van der Waals surface area contributed by atoms with Gasteiger partial charge in [-0.05, 0) is 53.2 Å². The summed E-state index contributed by atoms with van der Waals surface area (Å²) in [5, 5.41) is 13.9. The molecule has 32 heavy (non-hydrogen) atoms. The monoisotopic (exact) mass is 455 g/mol. The van der Waals surface area contributed by atoms with E-state index in [4.69, 9.17) is 0 Å². The van der Waals surface area contributed by atoms with Gasteiger partial charge in [-0.3, -0.25) is 4.79 Å². The Hall–Kier alpha value is -3.59. The largest absolute Gasteiger partial charge is 0.573 e. The summed E-state index contributed by atoms with van der Waals surface area (Å²) < 4.78 is 40.4. The van der Waals surface area contributed by atoms with Crippen molar-refractivity contribution in [2.45, 2.75) is 11.4 Å². The molecule has 0 unspecified atom stereocenters. The van der Waals surface area contributed by atoms with E-state index in [-0.39, 0.29) is 17.4 Å². The third kappa shape index (κ3) is 5.76. The lowest BCUT2D eigenvalue weighted by atomic mass is 10.1. The minimum Gasteiger partial charge on any atom is -0.406 e. The molecule has 0 saturated carbocycles. The fourth-order valence-electron chi connectivity index (χ4n) is 2.98. The number of aromatic nitrogens is 2. The second-order valence-electron chi connectivity index (χ2n) is 6.73.